The lowest BCUT2D eigenvalue weighted by Crippen LogP contribution is -2.41. The number of fused-ring (bicyclic) bond motifs is 1. The molecule has 1 amide bonds. The standard InChI is InChI=1S/C10H12N2O3S/c1-16(14,15)12-10(13)9-6-7-4-2-3-5-8(7)11-9/h2-5,9,11H,6H2,1H3,(H,12,13)/t9-/m0/s1. The summed E-state index contributed by atoms with van der Waals surface area (Å²) >= 11 is 0. The minimum absolute atomic E-state index is 0.507. The van der Waals surface area contributed by atoms with Gasteiger partial charge in [-0.2, -0.15) is 0 Å². The first-order valence-corrected chi connectivity index (χ1v) is 6.71. The zero-order chi connectivity index (χ0) is 11.8. The number of rotatable bonds is 2. The molecule has 0 saturated carbocycles. The van der Waals surface area contributed by atoms with Crippen LogP contribution in [-0.4, -0.2) is 26.6 Å². The van der Waals surface area contributed by atoms with E-state index in [2.05, 4.69) is 5.32 Å². The molecule has 0 bridgehead atoms. The zero-order valence-corrected chi connectivity index (χ0v) is 9.54. The van der Waals surface area contributed by atoms with Crippen molar-refractivity contribution in [1.29, 1.82) is 0 Å². The van der Waals surface area contributed by atoms with E-state index in [0.717, 1.165) is 17.5 Å². The minimum Gasteiger partial charge on any atom is -0.373 e. The maximum Gasteiger partial charge on any atom is 0.256 e. The number of nitrogens with one attached hydrogen (secondary N) is 2. The molecule has 0 saturated heterocycles. The van der Waals surface area contributed by atoms with E-state index in [9.17, 15) is 13.2 Å². The smallest absolute Gasteiger partial charge is 0.256 e. The van der Waals surface area contributed by atoms with Crippen LogP contribution in [0.4, 0.5) is 5.69 Å². The molecule has 1 aliphatic heterocycles. The molecule has 6 heteroatoms. The molecule has 2 rings (SSSR count). The Bertz CT molecular complexity index is 500. The van der Waals surface area contributed by atoms with Crippen LogP contribution in [0.1, 0.15) is 5.56 Å². The van der Waals surface area contributed by atoms with Gasteiger partial charge in [0.2, 0.25) is 10.0 Å². The third-order valence-electron chi connectivity index (χ3n) is 2.37. The molecule has 0 unspecified atom stereocenters. The van der Waals surface area contributed by atoms with Crippen LogP contribution in [0.2, 0.25) is 0 Å². The Hall–Kier alpha value is -1.56. The zero-order valence-electron chi connectivity index (χ0n) is 8.73. The van der Waals surface area contributed by atoms with Crippen molar-refractivity contribution in [3.05, 3.63) is 29.8 Å². The van der Waals surface area contributed by atoms with Gasteiger partial charge in [-0.15, -0.1) is 0 Å². The number of para-hydroxylation sites is 1. The van der Waals surface area contributed by atoms with Crippen LogP contribution in [0, 0.1) is 0 Å². The molecule has 0 radical (unpaired) electrons. The van der Waals surface area contributed by atoms with Crippen molar-refractivity contribution in [3.63, 3.8) is 0 Å². The van der Waals surface area contributed by atoms with Gasteiger partial charge in [-0.05, 0) is 11.6 Å². The van der Waals surface area contributed by atoms with E-state index in [1.54, 1.807) is 0 Å². The van der Waals surface area contributed by atoms with Crippen molar-refractivity contribution in [1.82, 2.24) is 4.72 Å². The molecular weight excluding hydrogens is 228 g/mol. The van der Waals surface area contributed by atoms with E-state index < -0.39 is 22.0 Å². The van der Waals surface area contributed by atoms with E-state index in [-0.39, 0.29) is 0 Å². The number of carbonyl (C=O) groups is 1. The lowest BCUT2D eigenvalue weighted by molar-refractivity contribution is -0.119. The van der Waals surface area contributed by atoms with Gasteiger partial charge in [-0.1, -0.05) is 18.2 Å². The lowest BCUT2D eigenvalue weighted by Gasteiger charge is -2.10. The van der Waals surface area contributed by atoms with E-state index in [0.29, 0.717) is 6.42 Å². The van der Waals surface area contributed by atoms with Gasteiger partial charge in [0.25, 0.3) is 5.91 Å². The highest BCUT2D eigenvalue weighted by molar-refractivity contribution is 7.89. The van der Waals surface area contributed by atoms with Gasteiger partial charge in [0.15, 0.2) is 0 Å². The number of carbonyl (C=O) groups excluding carboxylic acids is 1. The second-order valence-electron chi connectivity index (χ2n) is 3.80. The largest absolute Gasteiger partial charge is 0.373 e. The first-order chi connectivity index (χ1) is 7.46. The third-order valence-corrected chi connectivity index (χ3v) is 2.95. The van der Waals surface area contributed by atoms with Gasteiger partial charge in [0.1, 0.15) is 6.04 Å². The van der Waals surface area contributed by atoms with Crippen LogP contribution in [0.5, 0.6) is 0 Å². The molecule has 1 aliphatic rings. The quantitative estimate of drug-likeness (QED) is 0.768. The highest BCUT2D eigenvalue weighted by Gasteiger charge is 2.27. The minimum atomic E-state index is -3.49. The van der Waals surface area contributed by atoms with Crippen molar-refractivity contribution in [2.75, 3.05) is 11.6 Å². The third kappa shape index (κ3) is 2.33. The summed E-state index contributed by atoms with van der Waals surface area (Å²) in [6.45, 7) is 0. The van der Waals surface area contributed by atoms with Crippen LogP contribution >= 0.6 is 0 Å². The Kier molecular flexibility index (Phi) is 2.59. The molecule has 0 aromatic heterocycles. The molecule has 0 aliphatic carbocycles. The van der Waals surface area contributed by atoms with E-state index in [1.807, 2.05) is 29.0 Å². The maximum atomic E-state index is 11.6. The average molecular weight is 240 g/mol. The normalized spacial score (nSPS) is 18.7. The topological polar surface area (TPSA) is 75.3 Å². The summed E-state index contributed by atoms with van der Waals surface area (Å²) in [5, 5.41) is 2.98. The van der Waals surface area contributed by atoms with Gasteiger partial charge >= 0.3 is 0 Å². The number of benzene rings is 1. The average Bonchev–Trinajstić information content (AvgIpc) is 2.58. The van der Waals surface area contributed by atoms with Crippen LogP contribution in [-0.2, 0) is 21.2 Å². The number of hydrogen-bond acceptors (Lipinski definition) is 4. The summed E-state index contributed by atoms with van der Waals surface area (Å²) in [5.74, 6) is -0.515. The van der Waals surface area contributed by atoms with Gasteiger partial charge in [0.05, 0.1) is 6.26 Å². The molecule has 1 atom stereocenters. The van der Waals surface area contributed by atoms with Crippen molar-refractivity contribution < 1.29 is 13.2 Å². The second-order valence-corrected chi connectivity index (χ2v) is 5.55. The first-order valence-electron chi connectivity index (χ1n) is 4.82. The monoisotopic (exact) mass is 240 g/mol. The molecule has 86 valence electrons. The lowest BCUT2D eigenvalue weighted by atomic mass is 10.1. The first kappa shape index (κ1) is 10.9. The molecule has 16 heavy (non-hydrogen) atoms. The van der Waals surface area contributed by atoms with Crippen molar-refractivity contribution >= 4 is 21.6 Å². The Balaban J connectivity index is 2.09. The summed E-state index contributed by atoms with van der Waals surface area (Å²) in [4.78, 5) is 11.6. The molecule has 0 fully saturated rings. The van der Waals surface area contributed by atoms with Crippen LogP contribution in [0.15, 0.2) is 24.3 Å². The van der Waals surface area contributed by atoms with Crippen LogP contribution in [0.25, 0.3) is 0 Å². The van der Waals surface area contributed by atoms with Crippen molar-refractivity contribution in [2.24, 2.45) is 0 Å². The number of anilines is 1. The van der Waals surface area contributed by atoms with E-state index >= 15 is 0 Å². The fourth-order valence-electron chi connectivity index (χ4n) is 1.71. The summed E-state index contributed by atoms with van der Waals surface area (Å²) in [5.41, 5.74) is 1.91. The van der Waals surface area contributed by atoms with E-state index in [1.165, 1.54) is 0 Å². The second kappa shape index (κ2) is 3.79. The summed E-state index contributed by atoms with van der Waals surface area (Å²) < 4.78 is 23.8. The van der Waals surface area contributed by atoms with Gasteiger partial charge in [-0.25, -0.2) is 8.42 Å². The molecule has 2 N–H and O–H groups in total. The molecule has 0 spiro atoms. The number of sulfonamides is 1. The fraction of sp³-hybridized carbons (Fsp3) is 0.300. The summed E-state index contributed by atoms with van der Waals surface area (Å²) in [7, 11) is -3.49. The molecule has 1 aromatic carbocycles. The van der Waals surface area contributed by atoms with Crippen LogP contribution in [0.3, 0.4) is 0 Å². The summed E-state index contributed by atoms with van der Waals surface area (Å²) in [6.07, 6.45) is 1.48. The van der Waals surface area contributed by atoms with Gasteiger partial charge < -0.3 is 5.32 Å². The van der Waals surface area contributed by atoms with Crippen molar-refractivity contribution in [2.45, 2.75) is 12.5 Å². The Morgan fingerprint density at radius 1 is 1.44 bits per heavy atom. The predicted octanol–water partition coefficient (Wildman–Crippen LogP) is 0.0990. The molecule has 1 heterocycles. The van der Waals surface area contributed by atoms with Gasteiger partial charge in [0, 0.05) is 12.1 Å². The van der Waals surface area contributed by atoms with Crippen molar-refractivity contribution in [3.8, 4) is 0 Å². The van der Waals surface area contributed by atoms with Crippen LogP contribution < -0.4 is 10.0 Å². The highest BCUT2D eigenvalue weighted by atomic mass is 32.2. The summed E-state index contributed by atoms with van der Waals surface area (Å²) in [6, 6.07) is 7.02. The van der Waals surface area contributed by atoms with Gasteiger partial charge in [-0.3, -0.25) is 9.52 Å². The molecule has 1 aromatic rings. The molecule has 5 nitrogen and oxygen atoms in total. The SMILES string of the molecule is CS(=O)(=O)NC(=O)[C@@H]1Cc2ccccc2N1. The Morgan fingerprint density at radius 3 is 2.75 bits per heavy atom. The Morgan fingerprint density at radius 2 is 2.12 bits per heavy atom. The molecular formula is C10H12N2O3S. The van der Waals surface area contributed by atoms with E-state index in [4.69, 9.17) is 0 Å². The fourth-order valence-corrected chi connectivity index (χ4v) is 2.22. The number of amides is 1. The predicted molar refractivity (Wildman–Crippen MR) is 60.5 cm³/mol. The highest BCUT2D eigenvalue weighted by Crippen LogP contribution is 2.24. The Labute approximate surface area is 93.9 Å². The maximum absolute atomic E-state index is 11.6. The number of hydrogen-bond donors (Lipinski definition) is 2.